The number of rotatable bonds is 5. The normalized spacial score (nSPS) is 13.5. The first-order valence-electron chi connectivity index (χ1n) is 17.6. The maximum absolute atomic E-state index is 10.9. The zero-order chi connectivity index (χ0) is 35.5. The van der Waals surface area contributed by atoms with Crippen LogP contribution in [0.5, 0.6) is 5.75 Å². The van der Waals surface area contributed by atoms with Gasteiger partial charge in [-0.1, -0.05) is 107 Å². The Bertz CT molecular complexity index is 2360. The van der Waals surface area contributed by atoms with Crippen LogP contribution in [-0.4, -0.2) is 15.1 Å². The van der Waals surface area contributed by atoms with E-state index in [-0.39, 0.29) is 16.6 Å². The predicted octanol–water partition coefficient (Wildman–Crippen LogP) is 12.2. The summed E-state index contributed by atoms with van der Waals surface area (Å²) in [5, 5.41) is 11.9. The lowest BCUT2D eigenvalue weighted by atomic mass is 9.73. The topological polar surface area (TPSA) is 52.5 Å². The Balaban J connectivity index is 1.28. The summed E-state index contributed by atoms with van der Waals surface area (Å²) < 4.78 is 0. The van der Waals surface area contributed by atoms with Crippen molar-refractivity contribution in [2.75, 3.05) is 9.80 Å². The van der Waals surface area contributed by atoms with Crippen LogP contribution < -0.4 is 9.80 Å². The van der Waals surface area contributed by atoms with Crippen molar-refractivity contribution in [2.24, 2.45) is 0 Å². The van der Waals surface area contributed by atoms with Crippen molar-refractivity contribution >= 4 is 45.2 Å². The second-order valence-corrected chi connectivity index (χ2v) is 15.1. The van der Waals surface area contributed by atoms with Gasteiger partial charge in [0.1, 0.15) is 17.1 Å². The zero-order valence-corrected chi connectivity index (χ0v) is 30.0. The monoisotopic (exact) mass is 666 g/mol. The van der Waals surface area contributed by atoms with Crippen LogP contribution in [-0.2, 0) is 10.8 Å². The van der Waals surface area contributed by atoms with Gasteiger partial charge in [0.25, 0.3) is 0 Å². The van der Waals surface area contributed by atoms with Gasteiger partial charge in [-0.3, -0.25) is 4.90 Å². The number of phenolic OH excluding ortho intramolecular Hbond substituents is 1. The molecule has 1 aliphatic heterocycles. The quantitative estimate of drug-likeness (QED) is 0.198. The fourth-order valence-corrected chi connectivity index (χ4v) is 7.54. The van der Waals surface area contributed by atoms with Gasteiger partial charge in [-0.15, -0.1) is 0 Å². The van der Waals surface area contributed by atoms with Crippen LogP contribution in [0.2, 0.25) is 0 Å². The highest BCUT2D eigenvalue weighted by Crippen LogP contribution is 2.53. The fourth-order valence-electron chi connectivity index (χ4n) is 7.54. The Labute approximate surface area is 300 Å². The molecule has 0 saturated carbocycles. The van der Waals surface area contributed by atoms with E-state index in [2.05, 4.69) is 161 Å². The lowest BCUT2D eigenvalue weighted by Gasteiger charge is -2.42. The average molecular weight is 667 g/mol. The predicted molar refractivity (Wildman–Crippen MR) is 212 cm³/mol. The summed E-state index contributed by atoms with van der Waals surface area (Å²) in [5.74, 6) is 1.02. The van der Waals surface area contributed by atoms with E-state index in [1.165, 1.54) is 16.7 Å². The molecule has 5 nitrogen and oxygen atoms in total. The van der Waals surface area contributed by atoms with Crippen molar-refractivity contribution in [1.29, 1.82) is 0 Å². The number of phenols is 1. The highest BCUT2D eigenvalue weighted by Gasteiger charge is 2.37. The van der Waals surface area contributed by atoms with Gasteiger partial charge in [0, 0.05) is 27.7 Å². The van der Waals surface area contributed by atoms with E-state index < -0.39 is 0 Å². The Morgan fingerprint density at radius 3 is 1.94 bits per heavy atom. The molecule has 0 radical (unpaired) electrons. The second-order valence-electron chi connectivity index (χ2n) is 15.1. The maximum Gasteiger partial charge on any atom is 0.141 e. The minimum Gasteiger partial charge on any atom is -0.506 e. The van der Waals surface area contributed by atoms with E-state index in [1.54, 1.807) is 6.07 Å². The van der Waals surface area contributed by atoms with Crippen LogP contribution in [0.1, 0.15) is 56.9 Å². The Kier molecular flexibility index (Phi) is 7.68. The van der Waals surface area contributed by atoms with Gasteiger partial charge >= 0.3 is 0 Å². The molecule has 0 unspecified atom stereocenters. The SMILES string of the molecule is Cc1ccc2c(c1)N(c1ccc(N(c3ccccc3)c3ccccc3)cn1)c1cc(-c3ccc4c(C(C)(C)C)ccc(O)c4n3)ccc1C2(C)C. The number of nitrogens with zero attached hydrogens (tertiary/aromatic N) is 4. The molecule has 0 spiro atoms. The first-order valence-corrected chi connectivity index (χ1v) is 17.6. The number of benzene rings is 5. The van der Waals surface area contributed by atoms with Gasteiger partial charge < -0.3 is 10.0 Å². The molecule has 0 fully saturated rings. The molecule has 8 rings (SSSR count). The van der Waals surface area contributed by atoms with Crippen LogP contribution in [0.4, 0.5) is 34.3 Å². The van der Waals surface area contributed by atoms with Crippen molar-refractivity contribution in [3.8, 4) is 17.0 Å². The van der Waals surface area contributed by atoms with Crippen molar-refractivity contribution in [3.63, 3.8) is 0 Å². The molecule has 5 aromatic carbocycles. The minimum atomic E-state index is -0.249. The third kappa shape index (κ3) is 5.59. The molecule has 1 N–H and O–H groups in total. The lowest BCUT2D eigenvalue weighted by molar-refractivity contribution is 0.479. The average Bonchev–Trinajstić information content (AvgIpc) is 3.12. The highest BCUT2D eigenvalue weighted by atomic mass is 16.3. The Morgan fingerprint density at radius 1 is 0.667 bits per heavy atom. The van der Waals surface area contributed by atoms with Gasteiger partial charge in [-0.25, -0.2) is 9.97 Å². The molecule has 0 atom stereocenters. The first kappa shape index (κ1) is 32.3. The van der Waals surface area contributed by atoms with E-state index in [0.29, 0.717) is 5.52 Å². The van der Waals surface area contributed by atoms with E-state index in [0.717, 1.165) is 56.5 Å². The fraction of sp³-hybridized carbons (Fsp3) is 0.174. The molecule has 3 heterocycles. The third-order valence-electron chi connectivity index (χ3n) is 10.2. The summed E-state index contributed by atoms with van der Waals surface area (Å²) in [6.45, 7) is 13.3. The molecule has 252 valence electrons. The summed E-state index contributed by atoms with van der Waals surface area (Å²) in [6, 6.07) is 46.4. The van der Waals surface area contributed by atoms with E-state index in [1.807, 2.05) is 24.4 Å². The number of anilines is 6. The van der Waals surface area contributed by atoms with Crippen LogP contribution >= 0.6 is 0 Å². The second kappa shape index (κ2) is 12.1. The van der Waals surface area contributed by atoms with Crippen LogP contribution in [0.15, 0.2) is 140 Å². The van der Waals surface area contributed by atoms with Gasteiger partial charge in [-0.2, -0.15) is 0 Å². The molecule has 7 aromatic rings. The van der Waals surface area contributed by atoms with Gasteiger partial charge in [-0.05, 0) is 95.3 Å². The molecular formula is C46H42N4O. The standard InChI is InChI=1S/C46H42N4O/c1-30-17-21-37-40(27-30)50(43-26-19-34(29-47-43)49(32-13-9-7-10-14-32)33-15-11-8-12-16-33)41-28-31(18-22-38(41)46(37,5)6)39-24-20-35-36(45(2,3)4)23-25-42(51)44(35)48-39/h7-29,51H,1-6H3. The third-order valence-corrected chi connectivity index (χ3v) is 10.2. The number of aromatic hydroxyl groups is 1. The summed E-state index contributed by atoms with van der Waals surface area (Å²) in [7, 11) is 0. The Hall–Kier alpha value is -5.94. The number of pyridine rings is 2. The van der Waals surface area contributed by atoms with E-state index in [4.69, 9.17) is 9.97 Å². The lowest BCUT2D eigenvalue weighted by Crippen LogP contribution is -2.31. The molecule has 2 aromatic heterocycles. The number of aromatic nitrogens is 2. The summed E-state index contributed by atoms with van der Waals surface area (Å²) in [5.41, 5.74) is 12.2. The zero-order valence-electron chi connectivity index (χ0n) is 30.0. The molecule has 1 aliphatic rings. The number of hydrogen-bond acceptors (Lipinski definition) is 5. The molecule has 0 saturated heterocycles. The molecule has 0 aliphatic carbocycles. The molecule has 5 heteroatoms. The van der Waals surface area contributed by atoms with Crippen LogP contribution in [0, 0.1) is 6.92 Å². The van der Waals surface area contributed by atoms with E-state index in [9.17, 15) is 5.11 Å². The first-order chi connectivity index (χ1) is 24.5. The van der Waals surface area contributed by atoms with Gasteiger partial charge in [0.15, 0.2) is 0 Å². The maximum atomic E-state index is 10.9. The molecule has 0 amide bonds. The summed E-state index contributed by atoms with van der Waals surface area (Å²) >= 11 is 0. The van der Waals surface area contributed by atoms with Crippen LogP contribution in [0.3, 0.4) is 0 Å². The summed E-state index contributed by atoms with van der Waals surface area (Å²) in [4.78, 5) is 14.8. The largest absolute Gasteiger partial charge is 0.506 e. The number of para-hydroxylation sites is 2. The van der Waals surface area contributed by atoms with Crippen molar-refractivity contribution in [3.05, 3.63) is 162 Å². The smallest absolute Gasteiger partial charge is 0.141 e. The van der Waals surface area contributed by atoms with Crippen molar-refractivity contribution in [2.45, 2.75) is 52.4 Å². The van der Waals surface area contributed by atoms with Crippen molar-refractivity contribution in [1.82, 2.24) is 9.97 Å². The number of aryl methyl sites for hydroxylation is 1. The van der Waals surface area contributed by atoms with Gasteiger partial charge in [0.05, 0.1) is 29.0 Å². The van der Waals surface area contributed by atoms with Gasteiger partial charge in [0.2, 0.25) is 0 Å². The Morgan fingerprint density at radius 2 is 1.31 bits per heavy atom. The van der Waals surface area contributed by atoms with E-state index >= 15 is 0 Å². The highest BCUT2D eigenvalue weighted by molar-refractivity contribution is 5.92. The van der Waals surface area contributed by atoms with Crippen molar-refractivity contribution < 1.29 is 5.11 Å². The molecular weight excluding hydrogens is 625 g/mol. The minimum absolute atomic E-state index is 0.0830. The molecule has 0 bridgehead atoms. The number of hydrogen-bond donors (Lipinski definition) is 1. The molecule has 51 heavy (non-hydrogen) atoms. The summed E-state index contributed by atoms with van der Waals surface area (Å²) in [6.07, 6.45) is 1.97. The number of fused-ring (bicyclic) bond motifs is 3. The van der Waals surface area contributed by atoms with Crippen LogP contribution in [0.25, 0.3) is 22.2 Å².